The number of hydrogen-bond acceptors (Lipinski definition) is 4. The zero-order chi connectivity index (χ0) is 27.5. The number of nitrogens with one attached hydrogen (secondary N) is 1. The Labute approximate surface area is 229 Å². The van der Waals surface area contributed by atoms with Crippen LogP contribution in [-0.4, -0.2) is 18.8 Å². The van der Waals surface area contributed by atoms with Crippen molar-refractivity contribution in [1.29, 1.82) is 0 Å². The van der Waals surface area contributed by atoms with Gasteiger partial charge in [-0.3, -0.25) is 14.5 Å². The van der Waals surface area contributed by atoms with Crippen LogP contribution in [-0.2, 0) is 9.59 Å². The highest BCUT2D eigenvalue weighted by molar-refractivity contribution is 6.06. The summed E-state index contributed by atoms with van der Waals surface area (Å²) in [6.07, 6.45) is 4.07. The Morgan fingerprint density at radius 2 is 1.72 bits per heavy atom. The number of nitrogens with zero attached hydrogens (tertiary/aromatic N) is 1. The number of rotatable bonds is 7. The van der Waals surface area contributed by atoms with E-state index in [4.69, 9.17) is 4.74 Å². The molecule has 6 heteroatoms. The number of aryl methyl sites for hydroxylation is 1. The molecule has 0 aromatic heterocycles. The second kappa shape index (κ2) is 11.4. The largest absolute Gasteiger partial charge is 0.497 e. The smallest absolute Gasteiger partial charge is 0.227 e. The molecule has 0 spiro atoms. The average Bonchev–Trinajstić information content (AvgIpc) is 3.08. The van der Waals surface area contributed by atoms with E-state index in [2.05, 4.69) is 12.2 Å². The lowest BCUT2D eigenvalue weighted by atomic mass is 9.78. The molecule has 0 saturated carbocycles. The number of unbranched alkanes of at least 4 members (excludes halogenated alkanes) is 2. The van der Waals surface area contributed by atoms with E-state index in [1.807, 2.05) is 49.4 Å². The monoisotopic (exact) mass is 526 g/mol. The van der Waals surface area contributed by atoms with E-state index >= 15 is 0 Å². The predicted molar refractivity (Wildman–Crippen MR) is 153 cm³/mol. The number of ether oxygens (including phenoxy) is 1. The Kier molecular flexibility index (Phi) is 7.82. The maximum atomic E-state index is 14.1. The summed E-state index contributed by atoms with van der Waals surface area (Å²) in [4.78, 5) is 29.8. The van der Waals surface area contributed by atoms with Gasteiger partial charge >= 0.3 is 0 Å². The number of fused-ring (bicyclic) bond motifs is 1. The molecule has 0 bridgehead atoms. The van der Waals surface area contributed by atoms with Crippen LogP contribution in [0.25, 0.3) is 0 Å². The van der Waals surface area contributed by atoms with Gasteiger partial charge in [0.1, 0.15) is 11.6 Å². The van der Waals surface area contributed by atoms with Crippen molar-refractivity contribution in [1.82, 2.24) is 0 Å². The average molecular weight is 527 g/mol. The maximum absolute atomic E-state index is 14.1. The minimum absolute atomic E-state index is 0.00483. The summed E-state index contributed by atoms with van der Waals surface area (Å²) in [7, 11) is 1.63. The Morgan fingerprint density at radius 1 is 1.00 bits per heavy atom. The molecule has 5 nitrogen and oxygen atoms in total. The van der Waals surface area contributed by atoms with E-state index in [0.717, 1.165) is 58.8 Å². The number of methoxy groups -OCH3 is 1. The molecule has 0 radical (unpaired) electrons. The van der Waals surface area contributed by atoms with Crippen molar-refractivity contribution in [2.24, 2.45) is 0 Å². The lowest BCUT2D eigenvalue weighted by Crippen LogP contribution is -2.38. The van der Waals surface area contributed by atoms with Crippen LogP contribution in [0.1, 0.15) is 74.1 Å². The van der Waals surface area contributed by atoms with E-state index < -0.39 is 6.04 Å². The van der Waals surface area contributed by atoms with Crippen LogP contribution in [0.5, 0.6) is 5.75 Å². The van der Waals surface area contributed by atoms with E-state index in [1.54, 1.807) is 24.1 Å². The summed E-state index contributed by atoms with van der Waals surface area (Å²) in [6.45, 7) is 4.10. The molecule has 202 valence electrons. The van der Waals surface area contributed by atoms with Gasteiger partial charge in [-0.25, -0.2) is 4.39 Å². The molecule has 3 aromatic carbocycles. The number of carbonyl (C=O) groups excluding carboxylic acids is 2. The summed E-state index contributed by atoms with van der Waals surface area (Å²) < 4.78 is 19.3. The molecule has 1 amide bonds. The van der Waals surface area contributed by atoms with E-state index in [9.17, 15) is 14.0 Å². The Balaban J connectivity index is 1.65. The van der Waals surface area contributed by atoms with Crippen molar-refractivity contribution in [3.8, 4) is 5.75 Å². The van der Waals surface area contributed by atoms with Crippen LogP contribution < -0.4 is 15.0 Å². The first kappa shape index (κ1) is 26.7. The third-order valence-electron chi connectivity index (χ3n) is 7.77. The van der Waals surface area contributed by atoms with Crippen LogP contribution in [0, 0.1) is 12.7 Å². The van der Waals surface area contributed by atoms with Crippen molar-refractivity contribution < 1.29 is 18.7 Å². The molecule has 1 aliphatic carbocycles. The fourth-order valence-corrected chi connectivity index (χ4v) is 5.74. The molecule has 1 heterocycles. The summed E-state index contributed by atoms with van der Waals surface area (Å²) in [5, 5.41) is 3.57. The number of carbonyl (C=O) groups is 2. The van der Waals surface area contributed by atoms with Crippen molar-refractivity contribution in [3.63, 3.8) is 0 Å². The fourth-order valence-electron chi connectivity index (χ4n) is 5.74. The molecule has 0 unspecified atom stereocenters. The second-order valence-electron chi connectivity index (χ2n) is 10.5. The number of anilines is 2. The van der Waals surface area contributed by atoms with Gasteiger partial charge in [0, 0.05) is 24.1 Å². The fraction of sp³-hybridized carbons (Fsp3) is 0.333. The molecular weight excluding hydrogens is 491 g/mol. The number of amides is 1. The van der Waals surface area contributed by atoms with Gasteiger partial charge in [-0.05, 0) is 78.8 Å². The number of halogens is 1. The molecule has 0 fully saturated rings. The molecule has 39 heavy (non-hydrogen) atoms. The third-order valence-corrected chi connectivity index (χ3v) is 7.77. The molecule has 1 aliphatic heterocycles. The van der Waals surface area contributed by atoms with Crippen LogP contribution in [0.2, 0.25) is 0 Å². The van der Waals surface area contributed by atoms with Gasteiger partial charge in [0.25, 0.3) is 0 Å². The van der Waals surface area contributed by atoms with E-state index in [1.165, 1.54) is 12.1 Å². The lowest BCUT2D eigenvalue weighted by Gasteiger charge is -2.35. The van der Waals surface area contributed by atoms with Crippen molar-refractivity contribution in [3.05, 3.63) is 101 Å². The standard InChI is InChI=1S/C33H35FN2O3/c1-4-5-6-7-31(38)36-29-18-21(2)8-17-27(29)35-28-19-24(22-11-15-26(39-3)16-12-22)20-30(37)32(28)33(36)23-9-13-25(34)14-10-23/h8-18,24,33,35H,4-7,19-20H2,1-3H3/t24-,33-/m1/s1. The minimum Gasteiger partial charge on any atom is -0.497 e. The van der Waals surface area contributed by atoms with Gasteiger partial charge in [-0.1, -0.05) is 50.1 Å². The van der Waals surface area contributed by atoms with Crippen LogP contribution in [0.15, 0.2) is 78.0 Å². The van der Waals surface area contributed by atoms with Crippen LogP contribution in [0.3, 0.4) is 0 Å². The predicted octanol–water partition coefficient (Wildman–Crippen LogP) is 7.62. The molecule has 3 aromatic rings. The number of ketones is 1. The third kappa shape index (κ3) is 5.47. The maximum Gasteiger partial charge on any atom is 0.227 e. The summed E-state index contributed by atoms with van der Waals surface area (Å²) >= 11 is 0. The van der Waals surface area contributed by atoms with Crippen LogP contribution in [0.4, 0.5) is 15.8 Å². The molecular formula is C33H35FN2O3. The Hall–Kier alpha value is -3.93. The van der Waals surface area contributed by atoms with Gasteiger partial charge in [0.2, 0.25) is 5.91 Å². The molecule has 2 aliphatic rings. The first-order valence-corrected chi connectivity index (χ1v) is 13.7. The molecule has 0 saturated heterocycles. The van der Waals surface area contributed by atoms with Crippen molar-refractivity contribution in [2.45, 2.75) is 64.3 Å². The Bertz CT molecular complexity index is 1400. The first-order valence-electron chi connectivity index (χ1n) is 13.7. The quantitative estimate of drug-likeness (QED) is 0.322. The second-order valence-corrected chi connectivity index (χ2v) is 10.5. The molecule has 1 N–H and O–H groups in total. The zero-order valence-corrected chi connectivity index (χ0v) is 22.8. The minimum atomic E-state index is -0.644. The normalized spacial score (nSPS) is 18.7. The van der Waals surface area contributed by atoms with Crippen molar-refractivity contribution >= 4 is 23.1 Å². The number of allylic oxidation sites excluding steroid dienone is 1. The summed E-state index contributed by atoms with van der Waals surface area (Å²) in [5.74, 6) is 0.363. The highest BCUT2D eigenvalue weighted by Gasteiger charge is 2.41. The highest BCUT2D eigenvalue weighted by atomic mass is 19.1. The van der Waals surface area contributed by atoms with Gasteiger partial charge in [-0.15, -0.1) is 0 Å². The van der Waals surface area contributed by atoms with Crippen molar-refractivity contribution in [2.75, 3.05) is 17.3 Å². The van der Waals surface area contributed by atoms with E-state index in [-0.39, 0.29) is 23.4 Å². The lowest BCUT2D eigenvalue weighted by molar-refractivity contribution is -0.119. The van der Waals surface area contributed by atoms with Crippen LogP contribution >= 0.6 is 0 Å². The van der Waals surface area contributed by atoms with Gasteiger partial charge in [-0.2, -0.15) is 0 Å². The Morgan fingerprint density at radius 3 is 2.41 bits per heavy atom. The number of Topliss-reactive ketones (excluding diaryl/α,β-unsaturated/α-hetero) is 1. The summed E-state index contributed by atoms with van der Waals surface area (Å²) in [6, 6.07) is 19.4. The number of hydrogen-bond donors (Lipinski definition) is 1. The highest BCUT2D eigenvalue weighted by Crippen LogP contribution is 2.48. The van der Waals surface area contributed by atoms with Gasteiger partial charge < -0.3 is 10.1 Å². The molecule has 5 rings (SSSR count). The summed E-state index contributed by atoms with van der Waals surface area (Å²) in [5.41, 5.74) is 5.75. The number of benzene rings is 3. The van der Waals surface area contributed by atoms with Gasteiger partial charge in [0.15, 0.2) is 5.78 Å². The van der Waals surface area contributed by atoms with E-state index in [0.29, 0.717) is 24.8 Å². The van der Waals surface area contributed by atoms with Gasteiger partial charge in [0.05, 0.1) is 24.5 Å². The molecule has 2 atom stereocenters. The zero-order valence-electron chi connectivity index (χ0n) is 22.8. The first-order chi connectivity index (χ1) is 18.9. The SMILES string of the molecule is CCCCCC(=O)N1c2cc(C)ccc2NC2=C(C(=O)C[C@H](c3ccc(OC)cc3)C2)[C@H]1c1ccc(F)cc1. The topological polar surface area (TPSA) is 58.6 Å².